The molecule has 0 saturated carbocycles. The first-order chi connectivity index (χ1) is 12.1. The van der Waals surface area contributed by atoms with Crippen molar-refractivity contribution in [2.75, 3.05) is 13.1 Å². The summed E-state index contributed by atoms with van der Waals surface area (Å²) < 4.78 is 0.665. The maximum atomic E-state index is 12.1. The number of aromatic nitrogens is 1. The fourth-order valence-electron chi connectivity index (χ4n) is 3.09. The third-order valence-corrected chi connectivity index (χ3v) is 4.82. The van der Waals surface area contributed by atoms with E-state index in [1.807, 2.05) is 0 Å². The Labute approximate surface area is 148 Å². The zero-order valence-electron chi connectivity index (χ0n) is 14.6. The third kappa shape index (κ3) is 5.03. The Bertz CT molecular complexity index is 690. The van der Waals surface area contributed by atoms with E-state index in [0.29, 0.717) is 16.8 Å². The highest BCUT2D eigenvalue weighted by atomic mass is 16.5. The van der Waals surface area contributed by atoms with Crippen LogP contribution in [0.4, 0.5) is 0 Å². The number of piperidine rings is 1. The molecule has 2 aromatic rings. The average Bonchev–Trinajstić information content (AvgIpc) is 2.63. The van der Waals surface area contributed by atoms with Gasteiger partial charge in [-0.15, -0.1) is 0 Å². The molecule has 0 radical (unpaired) electrons. The predicted molar refractivity (Wildman–Crippen MR) is 96.7 cm³/mol. The number of pyridine rings is 1. The molecule has 0 spiro atoms. The summed E-state index contributed by atoms with van der Waals surface area (Å²) in [6.07, 6.45) is 5.22. The first kappa shape index (κ1) is 17.4. The van der Waals surface area contributed by atoms with Gasteiger partial charge >= 0.3 is 0 Å². The van der Waals surface area contributed by atoms with Gasteiger partial charge in [-0.3, -0.25) is 9.69 Å². The van der Waals surface area contributed by atoms with Gasteiger partial charge in [0, 0.05) is 25.2 Å². The van der Waals surface area contributed by atoms with Gasteiger partial charge in [0.15, 0.2) is 12.4 Å². The predicted octanol–water partition coefficient (Wildman–Crippen LogP) is 2.48. The molecule has 5 heteroatoms. The fourth-order valence-corrected chi connectivity index (χ4v) is 3.09. The first-order valence-corrected chi connectivity index (χ1v) is 8.87. The van der Waals surface area contributed by atoms with E-state index in [9.17, 15) is 10.0 Å². The Balaban J connectivity index is 1.49. The summed E-state index contributed by atoms with van der Waals surface area (Å²) in [5.74, 6) is 0.679. The minimum atomic E-state index is -0.174. The summed E-state index contributed by atoms with van der Waals surface area (Å²) in [4.78, 5) is 14.6. The summed E-state index contributed by atoms with van der Waals surface area (Å²) >= 11 is 0. The maximum absolute atomic E-state index is 12.1. The summed E-state index contributed by atoms with van der Waals surface area (Å²) in [6.45, 7) is 6.16. The Morgan fingerprint density at radius 2 is 1.72 bits per heavy atom. The van der Waals surface area contributed by atoms with Gasteiger partial charge < -0.3 is 10.5 Å². The van der Waals surface area contributed by atoms with E-state index >= 15 is 0 Å². The van der Waals surface area contributed by atoms with E-state index in [0.717, 1.165) is 18.0 Å². The van der Waals surface area contributed by atoms with Crippen LogP contribution in [0.3, 0.4) is 0 Å². The molecule has 0 unspecified atom stereocenters. The van der Waals surface area contributed by atoms with Gasteiger partial charge in [-0.2, -0.15) is 4.73 Å². The van der Waals surface area contributed by atoms with E-state index in [4.69, 9.17) is 0 Å². The number of hydrogen-bond donors (Lipinski definition) is 1. The molecule has 1 aromatic carbocycles. The molecule has 0 aliphatic carbocycles. The molecule has 25 heavy (non-hydrogen) atoms. The largest absolute Gasteiger partial charge is 0.619 e. The number of carbonyl (C=O) groups excluding carboxylic acids is 1. The molecule has 0 atom stereocenters. The number of hydrogen-bond acceptors (Lipinski definition) is 3. The van der Waals surface area contributed by atoms with Crippen LogP contribution in [0.25, 0.3) is 0 Å². The van der Waals surface area contributed by atoms with Gasteiger partial charge in [-0.25, -0.2) is 0 Å². The van der Waals surface area contributed by atoms with E-state index in [1.54, 1.807) is 0 Å². The number of carbonyl (C=O) groups is 1. The monoisotopic (exact) mass is 339 g/mol. The SMILES string of the molecule is CC1CCN(Cc2ccc(CNC(=O)c3cc[n+]([O-])cc3)cc2)CC1. The quantitative estimate of drug-likeness (QED) is 0.672. The van der Waals surface area contributed by atoms with Gasteiger partial charge in [-0.05, 0) is 43.0 Å². The van der Waals surface area contributed by atoms with Crippen LogP contribution in [0.1, 0.15) is 41.3 Å². The number of nitrogens with zero attached hydrogens (tertiary/aromatic N) is 2. The smallest absolute Gasteiger partial charge is 0.252 e. The number of benzene rings is 1. The van der Waals surface area contributed by atoms with Crippen LogP contribution in [0.15, 0.2) is 48.8 Å². The van der Waals surface area contributed by atoms with Crippen LogP contribution >= 0.6 is 0 Å². The van der Waals surface area contributed by atoms with Crippen molar-refractivity contribution in [2.45, 2.75) is 32.9 Å². The molecule has 1 aliphatic heterocycles. The molecule has 1 saturated heterocycles. The molecule has 1 aromatic heterocycles. The fraction of sp³-hybridized carbons (Fsp3) is 0.400. The molecule has 2 heterocycles. The Hall–Kier alpha value is -2.40. The summed E-state index contributed by atoms with van der Waals surface area (Å²) in [5, 5.41) is 13.9. The molecule has 132 valence electrons. The van der Waals surface area contributed by atoms with Gasteiger partial charge in [0.05, 0.1) is 5.56 Å². The molecule has 0 bridgehead atoms. The van der Waals surface area contributed by atoms with Gasteiger partial charge in [-0.1, -0.05) is 31.2 Å². The van der Waals surface area contributed by atoms with Crippen molar-refractivity contribution in [3.05, 3.63) is 70.7 Å². The lowest BCUT2D eigenvalue weighted by Crippen LogP contribution is -2.32. The first-order valence-electron chi connectivity index (χ1n) is 8.87. The average molecular weight is 339 g/mol. The zero-order chi connectivity index (χ0) is 17.6. The van der Waals surface area contributed by atoms with E-state index < -0.39 is 0 Å². The number of nitrogens with one attached hydrogen (secondary N) is 1. The topological polar surface area (TPSA) is 59.3 Å². The van der Waals surface area contributed by atoms with Crippen LogP contribution in [0.2, 0.25) is 0 Å². The number of likely N-dealkylation sites (tertiary alicyclic amines) is 1. The minimum Gasteiger partial charge on any atom is -0.619 e. The van der Waals surface area contributed by atoms with Crippen molar-refractivity contribution in [2.24, 2.45) is 5.92 Å². The van der Waals surface area contributed by atoms with Gasteiger partial charge in [0.2, 0.25) is 0 Å². The molecule has 5 nitrogen and oxygen atoms in total. The summed E-state index contributed by atoms with van der Waals surface area (Å²) in [7, 11) is 0. The van der Waals surface area contributed by atoms with Crippen molar-refractivity contribution in [1.82, 2.24) is 10.2 Å². The van der Waals surface area contributed by atoms with Crippen LogP contribution in [0, 0.1) is 11.1 Å². The third-order valence-electron chi connectivity index (χ3n) is 4.82. The highest BCUT2D eigenvalue weighted by Crippen LogP contribution is 2.18. The van der Waals surface area contributed by atoms with Crippen molar-refractivity contribution in [1.29, 1.82) is 0 Å². The van der Waals surface area contributed by atoms with Crippen molar-refractivity contribution >= 4 is 5.91 Å². The highest BCUT2D eigenvalue weighted by Gasteiger charge is 2.15. The van der Waals surface area contributed by atoms with E-state index in [1.165, 1.54) is 56.0 Å². The zero-order valence-corrected chi connectivity index (χ0v) is 14.6. The standard InChI is InChI=1S/C20H25N3O2/c1-16-6-10-22(11-7-16)15-18-4-2-17(3-5-18)14-21-20(24)19-8-12-23(25)13-9-19/h2-5,8-9,12-13,16H,6-7,10-11,14-15H2,1H3,(H,21,24). The molecule has 1 N–H and O–H groups in total. The van der Waals surface area contributed by atoms with Crippen LogP contribution in [-0.2, 0) is 13.1 Å². The van der Waals surface area contributed by atoms with Crippen molar-refractivity contribution in [3.8, 4) is 0 Å². The summed E-state index contributed by atoms with van der Waals surface area (Å²) in [6, 6.07) is 11.5. The molecular formula is C20H25N3O2. The van der Waals surface area contributed by atoms with Crippen molar-refractivity contribution < 1.29 is 9.52 Å². The molecule has 1 amide bonds. The minimum absolute atomic E-state index is 0.174. The second kappa shape index (κ2) is 8.12. The van der Waals surface area contributed by atoms with E-state index in [2.05, 4.69) is 41.4 Å². The van der Waals surface area contributed by atoms with Crippen molar-refractivity contribution in [3.63, 3.8) is 0 Å². The maximum Gasteiger partial charge on any atom is 0.252 e. The van der Waals surface area contributed by atoms with Crippen LogP contribution < -0.4 is 10.0 Å². The molecule has 1 fully saturated rings. The summed E-state index contributed by atoms with van der Waals surface area (Å²) in [5.41, 5.74) is 2.87. The Morgan fingerprint density at radius 3 is 2.36 bits per heavy atom. The highest BCUT2D eigenvalue weighted by molar-refractivity contribution is 5.93. The lowest BCUT2D eigenvalue weighted by atomic mass is 9.99. The Kier molecular flexibility index (Phi) is 5.66. The number of amides is 1. The molecular weight excluding hydrogens is 314 g/mol. The molecule has 1 aliphatic rings. The lowest BCUT2D eigenvalue weighted by molar-refractivity contribution is -0.605. The lowest BCUT2D eigenvalue weighted by Gasteiger charge is -2.30. The molecule has 3 rings (SSSR count). The van der Waals surface area contributed by atoms with Gasteiger partial charge in [0.25, 0.3) is 5.91 Å². The van der Waals surface area contributed by atoms with Crippen LogP contribution in [0.5, 0.6) is 0 Å². The second-order valence-electron chi connectivity index (χ2n) is 6.90. The van der Waals surface area contributed by atoms with Gasteiger partial charge in [0.1, 0.15) is 0 Å². The second-order valence-corrected chi connectivity index (χ2v) is 6.90. The Morgan fingerprint density at radius 1 is 1.12 bits per heavy atom. The van der Waals surface area contributed by atoms with E-state index in [-0.39, 0.29) is 5.91 Å². The van der Waals surface area contributed by atoms with Crippen LogP contribution in [-0.4, -0.2) is 23.9 Å². The number of rotatable bonds is 5. The normalized spacial score (nSPS) is 15.9.